The molecule has 0 bridgehead atoms. The Morgan fingerprint density at radius 3 is 2.19 bits per heavy atom. The van der Waals surface area contributed by atoms with Crippen molar-refractivity contribution in [2.24, 2.45) is 0 Å². The van der Waals surface area contributed by atoms with Crippen LogP contribution in [0.1, 0.15) is 74.2 Å². The number of hydrogen-bond acceptors (Lipinski definition) is 3. The minimum atomic E-state index is -1.28. The zero-order chi connectivity index (χ0) is 18.8. The van der Waals surface area contributed by atoms with Gasteiger partial charge in [-0.05, 0) is 30.5 Å². The van der Waals surface area contributed by atoms with Crippen molar-refractivity contribution in [3.8, 4) is 11.4 Å². The molecule has 0 atom stereocenters. The molecule has 0 saturated heterocycles. The first-order valence-corrected chi connectivity index (χ1v) is 9.46. The molecule has 0 fully saturated rings. The molecule has 1 aromatic carbocycles. The second-order valence-electron chi connectivity index (χ2n) is 6.64. The quantitative estimate of drug-likeness (QED) is 0.526. The number of carbonyl (C=O) groups is 1. The van der Waals surface area contributed by atoms with E-state index in [9.17, 15) is 9.18 Å². The maximum Gasteiger partial charge on any atom is 0.338 e. The summed E-state index contributed by atoms with van der Waals surface area (Å²) in [6.45, 7) is 2.23. The zero-order valence-corrected chi connectivity index (χ0v) is 15.4. The number of nitrogens with zero attached hydrogens (tertiary/aromatic N) is 2. The fraction of sp³-hybridized carbons (Fsp3) is 0.476. The molecule has 26 heavy (non-hydrogen) atoms. The van der Waals surface area contributed by atoms with Gasteiger partial charge in [0.2, 0.25) is 0 Å². The monoisotopic (exact) mass is 358 g/mol. The van der Waals surface area contributed by atoms with Crippen molar-refractivity contribution in [1.29, 1.82) is 0 Å². The number of hydrogen-bond donors (Lipinski definition) is 1. The second-order valence-corrected chi connectivity index (χ2v) is 6.64. The van der Waals surface area contributed by atoms with Crippen LogP contribution in [-0.2, 0) is 6.42 Å². The average Bonchev–Trinajstić information content (AvgIpc) is 2.64. The summed E-state index contributed by atoms with van der Waals surface area (Å²) in [7, 11) is 0. The molecule has 2 aromatic rings. The summed E-state index contributed by atoms with van der Waals surface area (Å²) in [5.74, 6) is -1.65. The first kappa shape index (κ1) is 20.0. The number of rotatable bonds is 11. The van der Waals surface area contributed by atoms with E-state index in [0.717, 1.165) is 24.5 Å². The van der Waals surface area contributed by atoms with Gasteiger partial charge in [-0.2, -0.15) is 0 Å². The highest BCUT2D eigenvalue weighted by molar-refractivity contribution is 5.88. The Morgan fingerprint density at radius 1 is 1.00 bits per heavy atom. The van der Waals surface area contributed by atoms with Crippen molar-refractivity contribution >= 4 is 5.97 Å². The molecular formula is C21H27FN2O2. The molecule has 0 aliphatic heterocycles. The fourth-order valence-electron chi connectivity index (χ4n) is 2.92. The van der Waals surface area contributed by atoms with E-state index >= 15 is 0 Å². The highest BCUT2D eigenvalue weighted by Gasteiger charge is 2.12. The van der Waals surface area contributed by atoms with Gasteiger partial charge >= 0.3 is 5.97 Å². The molecular weight excluding hydrogens is 331 g/mol. The van der Waals surface area contributed by atoms with E-state index in [1.165, 1.54) is 57.1 Å². The van der Waals surface area contributed by atoms with Crippen LogP contribution in [0.25, 0.3) is 11.4 Å². The molecule has 0 aliphatic carbocycles. The van der Waals surface area contributed by atoms with Gasteiger partial charge in [-0.15, -0.1) is 0 Å². The number of halogens is 1. The highest BCUT2D eigenvalue weighted by atomic mass is 19.1. The van der Waals surface area contributed by atoms with Gasteiger partial charge in [-0.1, -0.05) is 57.9 Å². The van der Waals surface area contributed by atoms with Crippen molar-refractivity contribution in [3.05, 3.63) is 47.5 Å². The summed E-state index contributed by atoms with van der Waals surface area (Å²) in [6, 6.07) is 3.93. The predicted octanol–water partition coefficient (Wildman–Crippen LogP) is 5.66. The molecule has 5 heteroatoms. The van der Waals surface area contributed by atoms with Gasteiger partial charge in [0, 0.05) is 18.0 Å². The number of aromatic carboxylic acids is 1. The van der Waals surface area contributed by atoms with Gasteiger partial charge in [0.15, 0.2) is 5.82 Å². The lowest BCUT2D eigenvalue weighted by Crippen LogP contribution is -2.01. The molecule has 1 N–H and O–H groups in total. The second kappa shape index (κ2) is 10.6. The number of benzene rings is 1. The number of unbranched alkanes of at least 4 members (excludes halogenated alkanes) is 7. The summed E-state index contributed by atoms with van der Waals surface area (Å²) >= 11 is 0. The van der Waals surface area contributed by atoms with Gasteiger partial charge in [-0.3, -0.25) is 0 Å². The van der Waals surface area contributed by atoms with E-state index in [1.807, 2.05) is 0 Å². The maximum absolute atomic E-state index is 13.8. The minimum Gasteiger partial charge on any atom is -0.478 e. The molecule has 0 saturated carbocycles. The molecule has 0 amide bonds. The van der Waals surface area contributed by atoms with Crippen LogP contribution in [0.15, 0.2) is 30.6 Å². The van der Waals surface area contributed by atoms with Crippen molar-refractivity contribution in [2.45, 2.75) is 64.7 Å². The molecule has 2 rings (SSSR count). The highest BCUT2D eigenvalue weighted by Crippen LogP contribution is 2.19. The van der Waals surface area contributed by atoms with E-state index in [2.05, 4.69) is 16.9 Å². The normalized spacial score (nSPS) is 10.8. The first-order chi connectivity index (χ1) is 12.6. The van der Waals surface area contributed by atoms with Crippen molar-refractivity contribution < 1.29 is 14.3 Å². The summed E-state index contributed by atoms with van der Waals surface area (Å²) in [5.41, 5.74) is 1.20. The van der Waals surface area contributed by atoms with Gasteiger partial charge in [0.1, 0.15) is 5.82 Å². The minimum absolute atomic E-state index is 0.347. The Labute approximate surface area is 154 Å². The largest absolute Gasteiger partial charge is 0.478 e. The summed E-state index contributed by atoms with van der Waals surface area (Å²) in [5, 5.41) is 8.87. The van der Waals surface area contributed by atoms with Crippen LogP contribution in [0.2, 0.25) is 0 Å². The predicted molar refractivity (Wildman–Crippen MR) is 101 cm³/mol. The van der Waals surface area contributed by atoms with Crippen LogP contribution in [-0.4, -0.2) is 21.0 Å². The average molecular weight is 358 g/mol. The standard InChI is InChI=1S/C21H27FN2O2/c1-2-3-4-5-6-7-8-9-10-16-14-23-20(24-15-16)17-11-12-18(21(25)26)19(22)13-17/h11-15H,2-10H2,1H3,(H,25,26). The van der Waals surface area contributed by atoms with Crippen molar-refractivity contribution in [2.75, 3.05) is 0 Å². The lowest BCUT2D eigenvalue weighted by atomic mass is 10.1. The van der Waals surface area contributed by atoms with Gasteiger partial charge in [0.05, 0.1) is 5.56 Å². The molecule has 1 heterocycles. The van der Waals surface area contributed by atoms with E-state index in [4.69, 9.17) is 5.11 Å². The number of aromatic nitrogens is 2. The molecule has 0 spiro atoms. The van der Waals surface area contributed by atoms with E-state index in [1.54, 1.807) is 12.4 Å². The van der Waals surface area contributed by atoms with E-state index in [0.29, 0.717) is 11.4 Å². The number of carboxylic acid groups (broad SMARTS) is 1. The van der Waals surface area contributed by atoms with Crippen LogP contribution in [0, 0.1) is 5.82 Å². The molecule has 0 unspecified atom stereocenters. The summed E-state index contributed by atoms with van der Waals surface area (Å²) < 4.78 is 13.8. The van der Waals surface area contributed by atoms with Crippen molar-refractivity contribution in [3.63, 3.8) is 0 Å². The van der Waals surface area contributed by atoms with E-state index in [-0.39, 0.29) is 5.56 Å². The Bertz CT molecular complexity index is 702. The van der Waals surface area contributed by atoms with E-state index < -0.39 is 11.8 Å². The lowest BCUT2D eigenvalue weighted by molar-refractivity contribution is 0.0692. The smallest absolute Gasteiger partial charge is 0.338 e. The zero-order valence-electron chi connectivity index (χ0n) is 15.4. The molecule has 0 radical (unpaired) electrons. The van der Waals surface area contributed by atoms with Gasteiger partial charge < -0.3 is 5.11 Å². The molecule has 140 valence electrons. The third kappa shape index (κ3) is 6.21. The van der Waals surface area contributed by atoms with Crippen LogP contribution >= 0.6 is 0 Å². The van der Waals surface area contributed by atoms with Crippen molar-refractivity contribution in [1.82, 2.24) is 9.97 Å². The maximum atomic E-state index is 13.8. The Balaban J connectivity index is 1.79. The fourth-order valence-corrected chi connectivity index (χ4v) is 2.92. The molecule has 1 aromatic heterocycles. The Kier molecular flexibility index (Phi) is 8.19. The first-order valence-electron chi connectivity index (χ1n) is 9.46. The van der Waals surface area contributed by atoms with Crippen LogP contribution in [0.3, 0.4) is 0 Å². The van der Waals surface area contributed by atoms with Crippen LogP contribution in [0.4, 0.5) is 4.39 Å². The van der Waals surface area contributed by atoms with Gasteiger partial charge in [-0.25, -0.2) is 19.2 Å². The third-order valence-corrected chi connectivity index (χ3v) is 4.48. The molecule has 4 nitrogen and oxygen atoms in total. The third-order valence-electron chi connectivity index (χ3n) is 4.48. The summed E-state index contributed by atoms with van der Waals surface area (Å²) in [4.78, 5) is 19.4. The Hall–Kier alpha value is -2.30. The number of aryl methyl sites for hydroxylation is 1. The van der Waals surface area contributed by atoms with Crippen LogP contribution in [0.5, 0.6) is 0 Å². The lowest BCUT2D eigenvalue weighted by Gasteiger charge is -2.05. The SMILES string of the molecule is CCCCCCCCCCc1cnc(-c2ccc(C(=O)O)c(F)c2)nc1. The summed E-state index contributed by atoms with van der Waals surface area (Å²) in [6.07, 6.45) is 14.7. The Morgan fingerprint density at radius 2 is 1.62 bits per heavy atom. The topological polar surface area (TPSA) is 63.1 Å². The van der Waals surface area contributed by atoms with Gasteiger partial charge in [0.25, 0.3) is 0 Å². The van der Waals surface area contributed by atoms with Crippen LogP contribution < -0.4 is 0 Å². The number of carboxylic acids is 1. The molecule has 0 aliphatic rings.